The summed E-state index contributed by atoms with van der Waals surface area (Å²) in [6.07, 6.45) is 1.54. The number of hydrogen-bond acceptors (Lipinski definition) is 5. The molecule has 2 N–H and O–H groups in total. The minimum Gasteiger partial charge on any atom is -0.326 e. The fourth-order valence-corrected chi connectivity index (χ4v) is 1.93. The molecule has 1 unspecified atom stereocenters. The van der Waals surface area contributed by atoms with Crippen LogP contribution in [0.4, 0.5) is 5.69 Å². The molecule has 0 saturated carbocycles. The van der Waals surface area contributed by atoms with Gasteiger partial charge in [-0.15, -0.1) is 5.10 Å². The van der Waals surface area contributed by atoms with Crippen molar-refractivity contribution in [2.75, 3.05) is 18.9 Å². The van der Waals surface area contributed by atoms with E-state index in [2.05, 4.69) is 26.2 Å². The first-order valence-electron chi connectivity index (χ1n) is 6.41. The smallest absolute Gasteiger partial charge is 0.228 e. The number of benzene rings is 1. The molecule has 1 amide bonds. The molecule has 2 aromatic rings. The van der Waals surface area contributed by atoms with Crippen molar-refractivity contribution in [2.24, 2.45) is 5.92 Å². The van der Waals surface area contributed by atoms with E-state index in [0.717, 1.165) is 16.9 Å². The lowest BCUT2D eigenvalue weighted by atomic mass is 10.1. The Labute approximate surface area is 117 Å². The largest absolute Gasteiger partial charge is 0.326 e. The van der Waals surface area contributed by atoms with Crippen LogP contribution in [0.1, 0.15) is 12.5 Å². The maximum absolute atomic E-state index is 11.9. The predicted molar refractivity (Wildman–Crippen MR) is 75.6 cm³/mol. The van der Waals surface area contributed by atoms with Crippen LogP contribution in [0.25, 0.3) is 5.69 Å². The summed E-state index contributed by atoms with van der Waals surface area (Å²) >= 11 is 0. The molecule has 0 aliphatic carbocycles. The highest BCUT2D eigenvalue weighted by Crippen LogP contribution is 2.18. The van der Waals surface area contributed by atoms with E-state index in [0.29, 0.717) is 6.54 Å². The molecule has 1 aromatic heterocycles. The highest BCUT2D eigenvalue weighted by atomic mass is 16.1. The van der Waals surface area contributed by atoms with Crippen molar-refractivity contribution in [3.63, 3.8) is 0 Å². The summed E-state index contributed by atoms with van der Waals surface area (Å²) in [6.45, 7) is 4.48. The van der Waals surface area contributed by atoms with Gasteiger partial charge in [-0.1, -0.05) is 6.92 Å². The van der Waals surface area contributed by atoms with Crippen molar-refractivity contribution >= 4 is 11.6 Å². The van der Waals surface area contributed by atoms with Crippen LogP contribution in [0.15, 0.2) is 24.5 Å². The van der Waals surface area contributed by atoms with Gasteiger partial charge in [0.2, 0.25) is 5.91 Å². The summed E-state index contributed by atoms with van der Waals surface area (Å²) in [5.74, 6) is -0.0894. The monoisotopic (exact) mass is 274 g/mol. The lowest BCUT2D eigenvalue weighted by Gasteiger charge is -2.13. The van der Waals surface area contributed by atoms with Gasteiger partial charge in [-0.3, -0.25) is 4.79 Å². The van der Waals surface area contributed by atoms with Gasteiger partial charge in [-0.25, -0.2) is 4.68 Å². The van der Waals surface area contributed by atoms with E-state index in [1.54, 1.807) is 4.68 Å². The molecule has 1 atom stereocenters. The third kappa shape index (κ3) is 3.18. The molecule has 0 spiro atoms. The topological polar surface area (TPSA) is 84.7 Å². The van der Waals surface area contributed by atoms with E-state index in [1.807, 2.05) is 39.1 Å². The molecule has 7 nitrogen and oxygen atoms in total. The first kappa shape index (κ1) is 14.1. The summed E-state index contributed by atoms with van der Waals surface area (Å²) in [5.41, 5.74) is 2.64. The van der Waals surface area contributed by atoms with Crippen LogP contribution in [-0.4, -0.2) is 39.7 Å². The number of hydrogen-bond donors (Lipinski definition) is 2. The molecule has 0 aliphatic rings. The van der Waals surface area contributed by atoms with Crippen LogP contribution in [0, 0.1) is 12.8 Å². The highest BCUT2D eigenvalue weighted by molar-refractivity contribution is 5.92. The molecule has 1 aromatic carbocycles. The Balaban J connectivity index is 2.12. The van der Waals surface area contributed by atoms with Crippen LogP contribution >= 0.6 is 0 Å². The second-order valence-corrected chi connectivity index (χ2v) is 4.70. The number of carbonyl (C=O) groups excluding carboxylic acids is 1. The average Bonchev–Trinajstić information content (AvgIpc) is 2.93. The van der Waals surface area contributed by atoms with Gasteiger partial charge < -0.3 is 10.6 Å². The quantitative estimate of drug-likeness (QED) is 0.841. The number of tetrazole rings is 1. The number of nitrogens with zero attached hydrogens (tertiary/aromatic N) is 4. The molecule has 1 heterocycles. The standard InChI is InChI=1S/C13H18N6O/c1-9-6-11(16-13(20)10(2)7-14-3)4-5-12(9)19-8-15-17-18-19/h4-6,8,10,14H,7H2,1-3H3,(H,16,20). The van der Waals surface area contributed by atoms with Crippen LogP contribution < -0.4 is 10.6 Å². The SMILES string of the molecule is CNCC(C)C(=O)Nc1ccc(-n2cnnn2)c(C)c1. The average molecular weight is 274 g/mol. The second kappa shape index (κ2) is 6.25. The van der Waals surface area contributed by atoms with Gasteiger partial charge in [-0.05, 0) is 48.2 Å². The maximum atomic E-state index is 11.9. The van der Waals surface area contributed by atoms with E-state index < -0.39 is 0 Å². The Bertz CT molecular complexity index is 581. The number of rotatable bonds is 5. The predicted octanol–water partition coefficient (Wildman–Crippen LogP) is 0.765. The Kier molecular flexibility index (Phi) is 4.41. The van der Waals surface area contributed by atoms with Gasteiger partial charge in [0.1, 0.15) is 6.33 Å². The molecule has 20 heavy (non-hydrogen) atoms. The van der Waals surface area contributed by atoms with Gasteiger partial charge in [0, 0.05) is 18.2 Å². The molecule has 7 heteroatoms. The van der Waals surface area contributed by atoms with Crippen LogP contribution in [0.2, 0.25) is 0 Å². The summed E-state index contributed by atoms with van der Waals surface area (Å²) in [6, 6.07) is 5.62. The van der Waals surface area contributed by atoms with Gasteiger partial charge in [0.05, 0.1) is 5.69 Å². The van der Waals surface area contributed by atoms with Gasteiger partial charge in [0.15, 0.2) is 0 Å². The number of amides is 1. The molecule has 0 radical (unpaired) electrons. The van der Waals surface area contributed by atoms with Crippen LogP contribution in [0.5, 0.6) is 0 Å². The van der Waals surface area contributed by atoms with Gasteiger partial charge in [-0.2, -0.15) is 0 Å². The van der Waals surface area contributed by atoms with E-state index in [1.165, 1.54) is 6.33 Å². The van der Waals surface area contributed by atoms with Crippen LogP contribution in [0.3, 0.4) is 0 Å². The Morgan fingerprint density at radius 2 is 2.25 bits per heavy atom. The highest BCUT2D eigenvalue weighted by Gasteiger charge is 2.12. The Hall–Kier alpha value is -2.28. The molecule has 0 saturated heterocycles. The first-order chi connectivity index (χ1) is 9.61. The van der Waals surface area contributed by atoms with Crippen molar-refractivity contribution < 1.29 is 4.79 Å². The molecule has 106 valence electrons. The lowest BCUT2D eigenvalue weighted by molar-refractivity contribution is -0.119. The zero-order valence-corrected chi connectivity index (χ0v) is 11.8. The number of anilines is 1. The van der Waals surface area contributed by atoms with E-state index in [-0.39, 0.29) is 11.8 Å². The number of nitrogens with one attached hydrogen (secondary N) is 2. The normalized spacial score (nSPS) is 12.2. The number of carbonyl (C=O) groups is 1. The number of aryl methyl sites for hydroxylation is 1. The van der Waals surface area contributed by atoms with Crippen molar-refractivity contribution in [1.29, 1.82) is 0 Å². The summed E-state index contributed by atoms with van der Waals surface area (Å²) in [7, 11) is 1.83. The zero-order chi connectivity index (χ0) is 14.5. The molecular weight excluding hydrogens is 256 g/mol. The van der Waals surface area contributed by atoms with Gasteiger partial charge >= 0.3 is 0 Å². The number of aromatic nitrogens is 4. The van der Waals surface area contributed by atoms with E-state index >= 15 is 0 Å². The summed E-state index contributed by atoms with van der Waals surface area (Å²) in [4.78, 5) is 11.9. The fourth-order valence-electron chi connectivity index (χ4n) is 1.93. The third-order valence-electron chi connectivity index (χ3n) is 3.02. The summed E-state index contributed by atoms with van der Waals surface area (Å²) < 4.78 is 1.59. The fraction of sp³-hybridized carbons (Fsp3) is 0.385. The van der Waals surface area contributed by atoms with Crippen molar-refractivity contribution in [3.8, 4) is 5.69 Å². The van der Waals surface area contributed by atoms with Crippen LogP contribution in [-0.2, 0) is 4.79 Å². The Morgan fingerprint density at radius 1 is 1.45 bits per heavy atom. The van der Waals surface area contributed by atoms with Gasteiger partial charge in [0.25, 0.3) is 0 Å². The second-order valence-electron chi connectivity index (χ2n) is 4.70. The molecule has 0 aliphatic heterocycles. The Morgan fingerprint density at radius 3 is 2.85 bits per heavy atom. The van der Waals surface area contributed by atoms with Crippen molar-refractivity contribution in [3.05, 3.63) is 30.1 Å². The van der Waals surface area contributed by atoms with Crippen molar-refractivity contribution in [1.82, 2.24) is 25.5 Å². The van der Waals surface area contributed by atoms with E-state index in [9.17, 15) is 4.79 Å². The minimum atomic E-state index is -0.0838. The van der Waals surface area contributed by atoms with Crippen molar-refractivity contribution in [2.45, 2.75) is 13.8 Å². The molecule has 2 rings (SSSR count). The molecular formula is C13H18N6O. The zero-order valence-electron chi connectivity index (χ0n) is 11.8. The maximum Gasteiger partial charge on any atom is 0.228 e. The molecule has 0 bridgehead atoms. The first-order valence-corrected chi connectivity index (χ1v) is 6.41. The lowest BCUT2D eigenvalue weighted by Crippen LogP contribution is -2.28. The summed E-state index contributed by atoms with van der Waals surface area (Å²) in [5, 5.41) is 17.0. The molecule has 0 fully saturated rings. The minimum absolute atomic E-state index is 0.00563. The van der Waals surface area contributed by atoms with E-state index in [4.69, 9.17) is 0 Å². The third-order valence-corrected chi connectivity index (χ3v) is 3.02.